The maximum Gasteiger partial charge on any atom is 0.303 e. The Labute approximate surface area is 224 Å². The van der Waals surface area contributed by atoms with Crippen LogP contribution in [0.15, 0.2) is 48.5 Å². The van der Waals surface area contributed by atoms with Crippen molar-refractivity contribution in [2.45, 2.75) is 83.0 Å². The van der Waals surface area contributed by atoms with Crippen molar-refractivity contribution in [2.75, 3.05) is 19.6 Å². The lowest BCUT2D eigenvalue weighted by Gasteiger charge is -2.39. The number of amides is 1. The number of benzene rings is 2. The number of aliphatic hydroxyl groups excluding tert-OH is 1. The van der Waals surface area contributed by atoms with Gasteiger partial charge in [-0.05, 0) is 55.5 Å². The highest BCUT2D eigenvalue weighted by molar-refractivity contribution is 5.75. The standard InChI is InChI=1S/C30H40N2O6/c33-21-23-10-12-24(13-11-23)27-18-26(20-32-16-4-1-5-17-32)37-30(38-27)25-14-8-22(9-15-25)19-31-28(34)6-2-3-7-29(35)36/h8-15,26-27,30,33H,1-7,16-21H2,(H,31,34)(H,35,36)/t26-,27+,30+/m0/s1. The van der Waals surface area contributed by atoms with Crippen LogP contribution in [-0.2, 0) is 32.2 Å². The average molecular weight is 525 g/mol. The van der Waals surface area contributed by atoms with E-state index in [1.807, 2.05) is 48.5 Å². The van der Waals surface area contributed by atoms with Gasteiger partial charge in [0.2, 0.25) is 5.91 Å². The number of unbranched alkanes of at least 4 members (excludes halogenated alkanes) is 1. The summed E-state index contributed by atoms with van der Waals surface area (Å²) in [5.41, 5.74) is 3.88. The smallest absolute Gasteiger partial charge is 0.303 e. The predicted molar refractivity (Wildman–Crippen MR) is 143 cm³/mol. The van der Waals surface area contributed by atoms with Crippen LogP contribution >= 0.6 is 0 Å². The molecule has 206 valence electrons. The van der Waals surface area contributed by atoms with Crippen molar-refractivity contribution in [2.24, 2.45) is 0 Å². The van der Waals surface area contributed by atoms with Crippen molar-refractivity contribution in [1.29, 1.82) is 0 Å². The molecule has 0 spiro atoms. The van der Waals surface area contributed by atoms with E-state index < -0.39 is 12.3 Å². The minimum Gasteiger partial charge on any atom is -0.481 e. The molecule has 2 saturated heterocycles. The molecule has 0 bridgehead atoms. The Hall–Kier alpha value is -2.78. The fourth-order valence-electron chi connectivity index (χ4n) is 5.11. The van der Waals surface area contributed by atoms with E-state index in [1.54, 1.807) is 0 Å². The number of carboxylic acid groups (broad SMARTS) is 1. The van der Waals surface area contributed by atoms with Gasteiger partial charge >= 0.3 is 5.97 Å². The molecule has 38 heavy (non-hydrogen) atoms. The minimum absolute atomic E-state index is 0.0205. The van der Waals surface area contributed by atoms with Crippen LogP contribution in [0.2, 0.25) is 0 Å². The van der Waals surface area contributed by atoms with Crippen LogP contribution in [0, 0.1) is 0 Å². The number of aliphatic hydroxyl groups is 1. The molecule has 0 radical (unpaired) electrons. The topological polar surface area (TPSA) is 108 Å². The van der Waals surface area contributed by atoms with Gasteiger partial charge in [-0.1, -0.05) is 55.0 Å². The molecule has 2 aliphatic heterocycles. The third kappa shape index (κ3) is 8.63. The number of ether oxygens (including phenoxy) is 2. The van der Waals surface area contributed by atoms with Gasteiger partial charge < -0.3 is 29.9 Å². The van der Waals surface area contributed by atoms with Gasteiger partial charge in [-0.15, -0.1) is 0 Å². The van der Waals surface area contributed by atoms with Crippen molar-refractivity contribution in [3.05, 3.63) is 70.8 Å². The van der Waals surface area contributed by atoms with Gasteiger partial charge in [-0.25, -0.2) is 0 Å². The second-order valence-corrected chi connectivity index (χ2v) is 10.3. The van der Waals surface area contributed by atoms with Crippen molar-refractivity contribution < 1.29 is 29.3 Å². The van der Waals surface area contributed by atoms with Gasteiger partial charge in [0.25, 0.3) is 0 Å². The van der Waals surface area contributed by atoms with Gasteiger partial charge in [0.15, 0.2) is 6.29 Å². The number of carbonyl (C=O) groups is 2. The van der Waals surface area contributed by atoms with E-state index in [0.29, 0.717) is 25.8 Å². The number of carboxylic acids is 1. The number of piperidine rings is 1. The lowest BCUT2D eigenvalue weighted by atomic mass is 9.99. The molecule has 0 unspecified atom stereocenters. The Morgan fingerprint density at radius 2 is 1.53 bits per heavy atom. The monoisotopic (exact) mass is 524 g/mol. The van der Waals surface area contributed by atoms with Crippen LogP contribution in [0.3, 0.4) is 0 Å². The molecular formula is C30H40N2O6. The molecule has 0 saturated carbocycles. The van der Waals surface area contributed by atoms with Crippen molar-refractivity contribution in [3.63, 3.8) is 0 Å². The van der Waals surface area contributed by atoms with Gasteiger partial charge in [-0.3, -0.25) is 9.59 Å². The Balaban J connectivity index is 1.36. The highest BCUT2D eigenvalue weighted by atomic mass is 16.7. The third-order valence-corrected chi connectivity index (χ3v) is 7.31. The molecule has 2 fully saturated rings. The molecule has 3 atom stereocenters. The summed E-state index contributed by atoms with van der Waals surface area (Å²) < 4.78 is 12.9. The second kappa shape index (κ2) is 14.4. The van der Waals surface area contributed by atoms with Crippen molar-refractivity contribution in [1.82, 2.24) is 10.2 Å². The van der Waals surface area contributed by atoms with E-state index in [9.17, 15) is 14.7 Å². The van der Waals surface area contributed by atoms with Gasteiger partial charge in [-0.2, -0.15) is 0 Å². The van der Waals surface area contributed by atoms with Gasteiger partial charge in [0, 0.05) is 37.9 Å². The Morgan fingerprint density at radius 3 is 2.21 bits per heavy atom. The first-order chi connectivity index (χ1) is 18.5. The summed E-state index contributed by atoms with van der Waals surface area (Å²) in [4.78, 5) is 25.2. The van der Waals surface area contributed by atoms with Crippen molar-refractivity contribution >= 4 is 11.9 Å². The van der Waals surface area contributed by atoms with Gasteiger partial charge in [0.05, 0.1) is 18.8 Å². The molecule has 2 heterocycles. The van der Waals surface area contributed by atoms with Crippen LogP contribution < -0.4 is 5.32 Å². The van der Waals surface area contributed by atoms with Crippen LogP contribution in [0.4, 0.5) is 0 Å². The molecule has 2 aliphatic rings. The molecule has 8 heteroatoms. The molecule has 8 nitrogen and oxygen atoms in total. The summed E-state index contributed by atoms with van der Waals surface area (Å²) in [5.74, 6) is -0.908. The van der Waals surface area contributed by atoms with Crippen LogP contribution in [-0.4, -0.2) is 52.7 Å². The molecule has 0 aromatic heterocycles. The summed E-state index contributed by atoms with van der Waals surface area (Å²) in [6.07, 6.45) is 5.50. The molecule has 4 rings (SSSR count). The number of hydrogen-bond acceptors (Lipinski definition) is 6. The normalized spacial score (nSPS) is 22.2. The van der Waals surface area contributed by atoms with Crippen molar-refractivity contribution in [3.8, 4) is 0 Å². The number of likely N-dealkylation sites (tertiary alicyclic amines) is 1. The molecule has 3 N–H and O–H groups in total. The highest BCUT2D eigenvalue weighted by Gasteiger charge is 2.33. The lowest BCUT2D eigenvalue weighted by Crippen LogP contribution is -2.41. The summed E-state index contributed by atoms with van der Waals surface area (Å²) in [7, 11) is 0. The maximum atomic E-state index is 12.1. The quantitative estimate of drug-likeness (QED) is 0.352. The zero-order chi connectivity index (χ0) is 26.7. The highest BCUT2D eigenvalue weighted by Crippen LogP contribution is 2.38. The van der Waals surface area contributed by atoms with E-state index in [4.69, 9.17) is 14.6 Å². The Bertz CT molecular complexity index is 1020. The second-order valence-electron chi connectivity index (χ2n) is 10.3. The largest absolute Gasteiger partial charge is 0.481 e. The number of nitrogens with one attached hydrogen (secondary N) is 1. The first kappa shape index (κ1) is 28.2. The minimum atomic E-state index is -0.833. The van der Waals surface area contributed by atoms with Crippen LogP contribution in [0.25, 0.3) is 0 Å². The maximum absolute atomic E-state index is 12.1. The molecule has 0 aliphatic carbocycles. The van der Waals surface area contributed by atoms with Crippen LogP contribution in [0.5, 0.6) is 0 Å². The summed E-state index contributed by atoms with van der Waals surface area (Å²) in [6, 6.07) is 15.9. The number of nitrogens with zero attached hydrogens (tertiary/aromatic N) is 1. The summed E-state index contributed by atoms with van der Waals surface area (Å²) in [6.45, 7) is 3.55. The van der Waals surface area contributed by atoms with E-state index in [-0.39, 0.29) is 31.1 Å². The molecular weight excluding hydrogens is 484 g/mol. The SMILES string of the molecule is O=C(O)CCCCC(=O)NCc1ccc([C@@H]2O[C@H](CN3CCCCC3)C[C@H](c3ccc(CO)cc3)O2)cc1. The number of carbonyl (C=O) groups excluding carboxylic acids is 1. The van der Waals surface area contributed by atoms with E-state index in [2.05, 4.69) is 10.2 Å². The fourth-order valence-corrected chi connectivity index (χ4v) is 5.11. The number of hydrogen-bond donors (Lipinski definition) is 3. The summed E-state index contributed by atoms with van der Waals surface area (Å²) in [5, 5.41) is 21.0. The fraction of sp³-hybridized carbons (Fsp3) is 0.533. The third-order valence-electron chi connectivity index (χ3n) is 7.31. The number of rotatable bonds is 12. The first-order valence-corrected chi connectivity index (χ1v) is 13.8. The summed E-state index contributed by atoms with van der Waals surface area (Å²) >= 11 is 0. The van der Waals surface area contributed by atoms with Crippen LogP contribution in [0.1, 0.15) is 86.0 Å². The average Bonchev–Trinajstić information content (AvgIpc) is 2.95. The van der Waals surface area contributed by atoms with E-state index in [1.165, 1.54) is 19.3 Å². The zero-order valence-corrected chi connectivity index (χ0v) is 22.0. The molecule has 2 aromatic carbocycles. The van der Waals surface area contributed by atoms with E-state index in [0.717, 1.165) is 48.3 Å². The molecule has 1 amide bonds. The first-order valence-electron chi connectivity index (χ1n) is 13.8. The van der Waals surface area contributed by atoms with Gasteiger partial charge in [0.1, 0.15) is 0 Å². The Kier molecular flexibility index (Phi) is 10.7. The zero-order valence-electron chi connectivity index (χ0n) is 22.0. The van der Waals surface area contributed by atoms with E-state index >= 15 is 0 Å². The lowest BCUT2D eigenvalue weighted by molar-refractivity contribution is -0.253. The Morgan fingerprint density at radius 1 is 0.868 bits per heavy atom. The molecule has 2 aromatic rings. The predicted octanol–water partition coefficient (Wildman–Crippen LogP) is 4.47. The number of aliphatic carboxylic acids is 1.